The number of esters is 1. The largest absolute Gasteiger partial charge is 0.467 e. The van der Waals surface area contributed by atoms with E-state index in [1.165, 1.54) is 13.2 Å². The molecule has 2 aromatic carbocycles. The van der Waals surface area contributed by atoms with Crippen molar-refractivity contribution in [3.05, 3.63) is 70.8 Å². The molecule has 2 aromatic rings. The van der Waals surface area contributed by atoms with Crippen LogP contribution in [0.15, 0.2) is 48.5 Å². The standard InChI is InChI=1S/C19H18F3NO3/c1-12-6-8-13(9-7-12)10-16(18(25)26-2)23-17(24)14-4-3-5-15(11-14)19(20,21)22/h3-9,11,16H,10H2,1-2H3,(H,23,24)/t16-/m1/s1. The number of amides is 1. The summed E-state index contributed by atoms with van der Waals surface area (Å²) in [6.07, 6.45) is -4.39. The Labute approximate surface area is 149 Å². The van der Waals surface area contributed by atoms with Crippen LogP contribution in [0, 0.1) is 6.92 Å². The number of benzene rings is 2. The Morgan fingerprint density at radius 2 is 1.77 bits per heavy atom. The van der Waals surface area contributed by atoms with E-state index in [9.17, 15) is 22.8 Å². The van der Waals surface area contributed by atoms with Gasteiger partial charge in [0.2, 0.25) is 0 Å². The molecule has 0 heterocycles. The minimum absolute atomic E-state index is 0.164. The van der Waals surface area contributed by atoms with E-state index in [0.717, 1.165) is 29.3 Å². The molecule has 0 spiro atoms. The van der Waals surface area contributed by atoms with Gasteiger partial charge in [0.1, 0.15) is 6.04 Å². The summed E-state index contributed by atoms with van der Waals surface area (Å²) in [5.74, 6) is -1.45. The first kappa shape index (κ1) is 19.5. The molecule has 0 radical (unpaired) electrons. The van der Waals surface area contributed by atoms with Crippen LogP contribution in [-0.2, 0) is 22.1 Å². The second-order valence-electron chi connectivity index (χ2n) is 5.82. The first-order valence-electron chi connectivity index (χ1n) is 7.82. The molecule has 0 saturated heterocycles. The molecule has 26 heavy (non-hydrogen) atoms. The number of halogens is 3. The van der Waals surface area contributed by atoms with Crippen LogP contribution in [0.5, 0.6) is 0 Å². The summed E-state index contributed by atoms with van der Waals surface area (Å²) >= 11 is 0. The van der Waals surface area contributed by atoms with Crippen molar-refractivity contribution in [1.82, 2.24) is 5.32 Å². The molecule has 138 valence electrons. The van der Waals surface area contributed by atoms with Crippen LogP contribution >= 0.6 is 0 Å². The van der Waals surface area contributed by atoms with Gasteiger partial charge >= 0.3 is 12.1 Å². The molecule has 0 aliphatic rings. The Kier molecular flexibility index (Phi) is 6.02. The highest BCUT2D eigenvalue weighted by Crippen LogP contribution is 2.29. The van der Waals surface area contributed by atoms with Gasteiger partial charge in [0.05, 0.1) is 12.7 Å². The van der Waals surface area contributed by atoms with Gasteiger partial charge in [0.15, 0.2) is 0 Å². The van der Waals surface area contributed by atoms with Gasteiger partial charge in [-0.1, -0.05) is 35.9 Å². The fraction of sp³-hybridized carbons (Fsp3) is 0.263. The lowest BCUT2D eigenvalue weighted by molar-refractivity contribution is -0.143. The van der Waals surface area contributed by atoms with Crippen LogP contribution in [0.1, 0.15) is 27.0 Å². The quantitative estimate of drug-likeness (QED) is 0.825. The van der Waals surface area contributed by atoms with Crippen molar-refractivity contribution in [2.75, 3.05) is 7.11 Å². The third-order valence-corrected chi connectivity index (χ3v) is 3.80. The van der Waals surface area contributed by atoms with Crippen molar-refractivity contribution < 1.29 is 27.5 Å². The monoisotopic (exact) mass is 365 g/mol. The number of aryl methyl sites for hydroxylation is 1. The molecule has 0 fully saturated rings. The van der Waals surface area contributed by atoms with Crippen molar-refractivity contribution in [3.63, 3.8) is 0 Å². The topological polar surface area (TPSA) is 55.4 Å². The normalized spacial score (nSPS) is 12.3. The molecule has 0 aliphatic carbocycles. The maximum atomic E-state index is 12.8. The zero-order valence-corrected chi connectivity index (χ0v) is 14.3. The third-order valence-electron chi connectivity index (χ3n) is 3.80. The van der Waals surface area contributed by atoms with Crippen LogP contribution < -0.4 is 5.32 Å². The Hall–Kier alpha value is -2.83. The predicted molar refractivity (Wildman–Crippen MR) is 89.6 cm³/mol. The summed E-state index contributed by atoms with van der Waals surface area (Å²) in [4.78, 5) is 24.3. The molecule has 0 saturated carbocycles. The van der Waals surface area contributed by atoms with E-state index in [1.807, 2.05) is 31.2 Å². The molecular weight excluding hydrogens is 347 g/mol. The van der Waals surface area contributed by atoms with Crippen molar-refractivity contribution in [3.8, 4) is 0 Å². The molecule has 7 heteroatoms. The van der Waals surface area contributed by atoms with Gasteiger partial charge in [-0.3, -0.25) is 4.79 Å². The van der Waals surface area contributed by atoms with Crippen molar-refractivity contribution >= 4 is 11.9 Å². The average Bonchev–Trinajstić information content (AvgIpc) is 2.61. The first-order chi connectivity index (χ1) is 12.2. The van der Waals surface area contributed by atoms with Gasteiger partial charge in [0, 0.05) is 12.0 Å². The molecule has 0 unspecified atom stereocenters. The highest BCUT2D eigenvalue weighted by atomic mass is 19.4. The number of hydrogen-bond donors (Lipinski definition) is 1. The lowest BCUT2D eigenvalue weighted by Gasteiger charge is -2.17. The predicted octanol–water partition coefficient (Wildman–Crippen LogP) is 3.53. The average molecular weight is 365 g/mol. The van der Waals surface area contributed by atoms with Crippen LogP contribution in [0.25, 0.3) is 0 Å². The number of alkyl halides is 3. The number of carbonyl (C=O) groups excluding carboxylic acids is 2. The highest BCUT2D eigenvalue weighted by Gasteiger charge is 2.31. The van der Waals surface area contributed by atoms with Gasteiger partial charge in [-0.2, -0.15) is 13.2 Å². The van der Waals surface area contributed by atoms with Gasteiger partial charge in [-0.25, -0.2) is 4.79 Å². The Morgan fingerprint density at radius 3 is 2.35 bits per heavy atom. The molecule has 0 aliphatic heterocycles. The van der Waals surface area contributed by atoms with Crippen molar-refractivity contribution in [2.45, 2.75) is 25.6 Å². The van der Waals surface area contributed by atoms with Crippen molar-refractivity contribution in [1.29, 1.82) is 0 Å². The summed E-state index contributed by atoms with van der Waals surface area (Å²) in [5.41, 5.74) is 0.711. The number of methoxy groups -OCH3 is 1. The Bertz CT molecular complexity index is 785. The smallest absolute Gasteiger partial charge is 0.416 e. The van der Waals surface area contributed by atoms with E-state index < -0.39 is 29.7 Å². The molecule has 0 bridgehead atoms. The molecule has 4 nitrogen and oxygen atoms in total. The number of rotatable bonds is 5. The van der Waals surface area contributed by atoms with Gasteiger partial charge < -0.3 is 10.1 Å². The van der Waals surface area contributed by atoms with Crippen molar-refractivity contribution in [2.24, 2.45) is 0 Å². The molecular formula is C19H18F3NO3. The molecule has 2 rings (SSSR count). The van der Waals surface area contributed by atoms with Gasteiger partial charge in [-0.15, -0.1) is 0 Å². The summed E-state index contributed by atoms with van der Waals surface area (Å²) in [7, 11) is 1.18. The fourth-order valence-corrected chi connectivity index (χ4v) is 2.37. The fourth-order valence-electron chi connectivity index (χ4n) is 2.37. The van der Waals surface area contributed by atoms with E-state index in [1.54, 1.807) is 0 Å². The number of ether oxygens (including phenoxy) is 1. The molecule has 1 atom stereocenters. The molecule has 0 aromatic heterocycles. The lowest BCUT2D eigenvalue weighted by Crippen LogP contribution is -2.43. The Balaban J connectivity index is 2.18. The second-order valence-corrected chi connectivity index (χ2v) is 5.82. The number of hydrogen-bond acceptors (Lipinski definition) is 3. The lowest BCUT2D eigenvalue weighted by atomic mass is 10.0. The van der Waals surface area contributed by atoms with E-state index in [-0.39, 0.29) is 12.0 Å². The van der Waals surface area contributed by atoms with E-state index >= 15 is 0 Å². The van der Waals surface area contributed by atoms with Crippen LogP contribution in [-0.4, -0.2) is 25.0 Å². The molecule has 1 N–H and O–H groups in total. The zero-order valence-electron chi connectivity index (χ0n) is 14.3. The van der Waals surface area contributed by atoms with E-state index in [0.29, 0.717) is 0 Å². The minimum atomic E-state index is -4.56. The summed E-state index contributed by atoms with van der Waals surface area (Å²) in [5, 5.41) is 2.44. The SMILES string of the molecule is COC(=O)[C@@H](Cc1ccc(C)cc1)NC(=O)c1cccc(C(F)(F)F)c1. The third kappa shape index (κ3) is 5.08. The summed E-state index contributed by atoms with van der Waals surface area (Å²) in [6.45, 7) is 1.91. The van der Waals surface area contributed by atoms with E-state index in [2.05, 4.69) is 10.1 Å². The highest BCUT2D eigenvalue weighted by molar-refractivity contribution is 5.97. The van der Waals surface area contributed by atoms with Crippen LogP contribution in [0.2, 0.25) is 0 Å². The summed E-state index contributed by atoms with van der Waals surface area (Å²) < 4.78 is 43.1. The van der Waals surface area contributed by atoms with Crippen LogP contribution in [0.3, 0.4) is 0 Å². The second kappa shape index (κ2) is 8.03. The first-order valence-corrected chi connectivity index (χ1v) is 7.82. The maximum Gasteiger partial charge on any atom is 0.416 e. The zero-order chi connectivity index (χ0) is 19.3. The number of nitrogens with one attached hydrogen (secondary N) is 1. The van der Waals surface area contributed by atoms with E-state index in [4.69, 9.17) is 0 Å². The number of carbonyl (C=O) groups is 2. The maximum absolute atomic E-state index is 12.8. The Morgan fingerprint density at radius 1 is 1.12 bits per heavy atom. The minimum Gasteiger partial charge on any atom is -0.467 e. The van der Waals surface area contributed by atoms with Gasteiger partial charge in [-0.05, 0) is 30.7 Å². The van der Waals surface area contributed by atoms with Crippen LogP contribution in [0.4, 0.5) is 13.2 Å². The summed E-state index contributed by atoms with van der Waals surface area (Å²) in [6, 6.07) is 10.3. The van der Waals surface area contributed by atoms with Gasteiger partial charge in [0.25, 0.3) is 5.91 Å². The molecule has 1 amide bonds.